The van der Waals surface area contributed by atoms with Gasteiger partial charge >= 0.3 is 0 Å². The Hall–Kier alpha value is -1.04. The van der Waals surface area contributed by atoms with Gasteiger partial charge in [-0.3, -0.25) is 0 Å². The molecule has 0 amide bonds. The Kier molecular flexibility index (Phi) is 5.46. The van der Waals surface area contributed by atoms with Gasteiger partial charge in [0.1, 0.15) is 18.1 Å². The second-order valence-electron chi connectivity index (χ2n) is 4.23. The molecule has 0 fully saturated rings. The first-order chi connectivity index (χ1) is 9.63. The molecule has 0 aromatic heterocycles. The molecule has 0 saturated heterocycles. The lowest BCUT2D eigenvalue weighted by atomic mass is 10.2. The van der Waals surface area contributed by atoms with Crippen LogP contribution in [0.4, 0.5) is 0 Å². The first-order valence-corrected chi connectivity index (χ1v) is 7.66. The average Bonchev–Trinajstić information content (AvgIpc) is 2.46. The van der Waals surface area contributed by atoms with Gasteiger partial charge in [-0.25, -0.2) is 0 Å². The monoisotopic (exact) mass is 399 g/mol. The van der Waals surface area contributed by atoms with Crippen LogP contribution in [0.5, 0.6) is 11.5 Å². The van der Waals surface area contributed by atoms with Crippen LogP contribution in [-0.2, 0) is 13.2 Å². The number of nitrogens with two attached hydrogens (primary N) is 1. The number of ether oxygens (including phenoxy) is 2. The zero-order chi connectivity index (χ0) is 14.5. The molecule has 0 bridgehead atoms. The highest BCUT2D eigenvalue weighted by atomic mass is 79.9. The van der Waals surface area contributed by atoms with Gasteiger partial charge in [0.15, 0.2) is 0 Å². The Labute approximate surface area is 135 Å². The van der Waals surface area contributed by atoms with Crippen molar-refractivity contribution in [2.75, 3.05) is 7.11 Å². The van der Waals surface area contributed by atoms with Crippen molar-refractivity contribution in [3.63, 3.8) is 0 Å². The summed E-state index contributed by atoms with van der Waals surface area (Å²) in [5, 5.41) is 0. The van der Waals surface area contributed by atoms with Crippen molar-refractivity contribution in [3.05, 3.63) is 56.5 Å². The summed E-state index contributed by atoms with van der Waals surface area (Å²) in [4.78, 5) is 0. The first kappa shape index (κ1) is 15.4. The maximum absolute atomic E-state index is 5.80. The number of halogens is 2. The van der Waals surface area contributed by atoms with Crippen molar-refractivity contribution in [2.45, 2.75) is 13.2 Å². The summed E-state index contributed by atoms with van der Waals surface area (Å²) in [5.74, 6) is 1.61. The third-order valence-electron chi connectivity index (χ3n) is 2.84. The summed E-state index contributed by atoms with van der Waals surface area (Å²) >= 11 is 6.95. The molecule has 20 heavy (non-hydrogen) atoms. The van der Waals surface area contributed by atoms with E-state index in [9.17, 15) is 0 Å². The summed E-state index contributed by atoms with van der Waals surface area (Å²) < 4.78 is 12.8. The van der Waals surface area contributed by atoms with Crippen molar-refractivity contribution in [3.8, 4) is 11.5 Å². The van der Waals surface area contributed by atoms with Gasteiger partial charge in [-0.2, -0.15) is 0 Å². The van der Waals surface area contributed by atoms with Crippen LogP contribution in [0, 0.1) is 0 Å². The Bertz CT molecular complexity index is 602. The van der Waals surface area contributed by atoms with Crippen LogP contribution in [0.3, 0.4) is 0 Å². The fourth-order valence-corrected chi connectivity index (χ4v) is 2.88. The molecule has 0 atom stereocenters. The largest absolute Gasteiger partial charge is 0.496 e. The Morgan fingerprint density at radius 3 is 2.15 bits per heavy atom. The lowest BCUT2D eigenvalue weighted by molar-refractivity contribution is 0.304. The molecule has 2 rings (SSSR count). The summed E-state index contributed by atoms with van der Waals surface area (Å²) in [6.45, 7) is 1.01. The van der Waals surface area contributed by atoms with Crippen LogP contribution in [0.15, 0.2) is 45.3 Å². The summed E-state index contributed by atoms with van der Waals surface area (Å²) in [5.41, 5.74) is 7.73. The molecule has 2 aromatic carbocycles. The molecule has 0 spiro atoms. The highest BCUT2D eigenvalue weighted by molar-refractivity contribution is 9.10. The topological polar surface area (TPSA) is 44.5 Å². The van der Waals surface area contributed by atoms with Crippen LogP contribution in [-0.4, -0.2) is 7.11 Å². The highest BCUT2D eigenvalue weighted by Crippen LogP contribution is 2.29. The van der Waals surface area contributed by atoms with E-state index in [2.05, 4.69) is 31.9 Å². The Morgan fingerprint density at radius 2 is 1.55 bits per heavy atom. The van der Waals surface area contributed by atoms with Gasteiger partial charge in [0.05, 0.1) is 16.1 Å². The van der Waals surface area contributed by atoms with E-state index < -0.39 is 0 Å². The third kappa shape index (κ3) is 3.75. The molecule has 0 radical (unpaired) electrons. The van der Waals surface area contributed by atoms with E-state index in [0.29, 0.717) is 13.2 Å². The highest BCUT2D eigenvalue weighted by Gasteiger charge is 2.05. The second-order valence-corrected chi connectivity index (χ2v) is 5.94. The summed E-state index contributed by atoms with van der Waals surface area (Å²) in [6.07, 6.45) is 0. The fraction of sp³-hybridized carbons (Fsp3) is 0.200. The fourth-order valence-electron chi connectivity index (χ4n) is 1.75. The van der Waals surface area contributed by atoms with E-state index in [4.69, 9.17) is 15.2 Å². The molecule has 2 N–H and O–H groups in total. The van der Waals surface area contributed by atoms with Gasteiger partial charge in [-0.15, -0.1) is 0 Å². The van der Waals surface area contributed by atoms with Gasteiger partial charge in [0.25, 0.3) is 0 Å². The molecule has 0 saturated carbocycles. The van der Waals surface area contributed by atoms with Gasteiger partial charge in [0.2, 0.25) is 0 Å². The maximum Gasteiger partial charge on any atom is 0.134 e. The third-order valence-corrected chi connectivity index (χ3v) is 4.08. The molecule has 0 aliphatic carbocycles. The number of methoxy groups -OCH3 is 1. The van der Waals surface area contributed by atoms with Crippen LogP contribution in [0.2, 0.25) is 0 Å². The molecule has 106 valence electrons. The second kappa shape index (κ2) is 7.11. The van der Waals surface area contributed by atoms with Gasteiger partial charge < -0.3 is 15.2 Å². The lowest BCUT2D eigenvalue weighted by Gasteiger charge is -2.10. The quantitative estimate of drug-likeness (QED) is 0.815. The minimum atomic E-state index is 0.489. The average molecular weight is 401 g/mol. The van der Waals surface area contributed by atoms with Crippen LogP contribution in [0.25, 0.3) is 0 Å². The molecular weight excluding hydrogens is 386 g/mol. The molecule has 0 aliphatic rings. The van der Waals surface area contributed by atoms with Crippen molar-refractivity contribution < 1.29 is 9.47 Å². The lowest BCUT2D eigenvalue weighted by Crippen LogP contribution is -1.99. The summed E-state index contributed by atoms with van der Waals surface area (Å²) in [7, 11) is 1.65. The van der Waals surface area contributed by atoms with E-state index in [1.807, 2.05) is 36.4 Å². The Balaban J connectivity index is 2.07. The minimum Gasteiger partial charge on any atom is -0.496 e. The number of hydrogen-bond acceptors (Lipinski definition) is 3. The number of rotatable bonds is 5. The van der Waals surface area contributed by atoms with Crippen LogP contribution < -0.4 is 15.2 Å². The molecule has 2 aromatic rings. The van der Waals surface area contributed by atoms with Crippen LogP contribution >= 0.6 is 31.9 Å². The van der Waals surface area contributed by atoms with E-state index in [-0.39, 0.29) is 0 Å². The SMILES string of the molecule is COc1ccc(COc2ccc(CN)cc2Br)cc1Br. The standard InChI is InChI=1S/C15H15Br2NO2/c1-19-14-4-3-11(7-12(14)16)9-20-15-5-2-10(8-18)6-13(15)17/h2-7H,8-9,18H2,1H3. The first-order valence-electron chi connectivity index (χ1n) is 6.07. The summed E-state index contributed by atoms with van der Waals surface area (Å²) in [6, 6.07) is 11.7. The molecule has 5 heteroatoms. The van der Waals surface area contributed by atoms with E-state index in [1.165, 1.54) is 0 Å². The van der Waals surface area contributed by atoms with E-state index in [1.54, 1.807) is 7.11 Å². The van der Waals surface area contributed by atoms with Gasteiger partial charge in [-0.05, 0) is 67.3 Å². The van der Waals surface area contributed by atoms with Crippen molar-refractivity contribution in [2.24, 2.45) is 5.73 Å². The Morgan fingerprint density at radius 1 is 0.950 bits per heavy atom. The smallest absolute Gasteiger partial charge is 0.134 e. The molecular formula is C15H15Br2NO2. The molecule has 0 heterocycles. The minimum absolute atomic E-state index is 0.489. The zero-order valence-electron chi connectivity index (χ0n) is 11.0. The van der Waals surface area contributed by atoms with E-state index >= 15 is 0 Å². The van der Waals surface area contributed by atoms with Crippen molar-refractivity contribution >= 4 is 31.9 Å². The van der Waals surface area contributed by atoms with E-state index in [0.717, 1.165) is 31.6 Å². The predicted molar refractivity (Wildman–Crippen MR) is 87.1 cm³/mol. The number of hydrogen-bond donors (Lipinski definition) is 1. The molecule has 0 unspecified atom stereocenters. The molecule has 0 aliphatic heterocycles. The maximum atomic E-state index is 5.80. The zero-order valence-corrected chi connectivity index (χ0v) is 14.2. The molecule has 3 nitrogen and oxygen atoms in total. The predicted octanol–water partition coefficient (Wildman–Crippen LogP) is 4.26. The number of benzene rings is 2. The van der Waals surface area contributed by atoms with Crippen molar-refractivity contribution in [1.29, 1.82) is 0 Å². The van der Waals surface area contributed by atoms with Gasteiger partial charge in [0, 0.05) is 6.54 Å². The normalized spacial score (nSPS) is 10.4. The van der Waals surface area contributed by atoms with Gasteiger partial charge in [-0.1, -0.05) is 12.1 Å². The van der Waals surface area contributed by atoms with Crippen molar-refractivity contribution in [1.82, 2.24) is 0 Å². The van der Waals surface area contributed by atoms with Crippen LogP contribution in [0.1, 0.15) is 11.1 Å².